The maximum absolute atomic E-state index is 17.9. The van der Waals surface area contributed by atoms with Gasteiger partial charge in [-0.2, -0.15) is 0 Å². The molecule has 5 N–H and O–H groups in total. The molecule has 7 heterocycles. The summed E-state index contributed by atoms with van der Waals surface area (Å²) in [6, 6.07) is 10.5. The van der Waals surface area contributed by atoms with E-state index in [4.69, 9.17) is 38.2 Å². The number of alkyl carbamates (subject to hydrolysis) is 2. The van der Waals surface area contributed by atoms with Crippen LogP contribution in [0.15, 0.2) is 79.0 Å². The van der Waals surface area contributed by atoms with Gasteiger partial charge in [0.05, 0.1) is 79.3 Å². The third kappa shape index (κ3) is 14.6. The Labute approximate surface area is 559 Å². The van der Waals surface area contributed by atoms with E-state index < -0.39 is 123 Å². The average molecular weight is 1390 g/mol. The zero-order valence-electron chi connectivity index (χ0n) is 54.8. The smallest absolute Gasteiger partial charge is 0.453 e. The van der Waals surface area contributed by atoms with Gasteiger partial charge in [-0.1, -0.05) is 18.2 Å². The lowest BCUT2D eigenvalue weighted by Gasteiger charge is -2.36. The van der Waals surface area contributed by atoms with Crippen molar-refractivity contribution in [2.75, 3.05) is 76.4 Å². The molecule has 26 nitrogen and oxygen atoms in total. The molecule has 5 amide bonds. The Kier molecular flexibility index (Phi) is 21.2. The number of hydrogen-bond donors (Lipinski definition) is 5. The van der Waals surface area contributed by atoms with Crippen molar-refractivity contribution in [3.05, 3.63) is 142 Å². The Morgan fingerprint density at radius 3 is 1.87 bits per heavy atom. The summed E-state index contributed by atoms with van der Waals surface area (Å²) in [5.74, 6) is -4.59. The summed E-state index contributed by atoms with van der Waals surface area (Å²) < 4.78 is 128. The predicted molar refractivity (Wildman–Crippen MR) is 345 cm³/mol. The number of fused-ring (bicyclic) bond motifs is 2. The maximum atomic E-state index is 17.9. The topological polar surface area (TPSA) is 298 Å². The molecule has 32 heteroatoms. The number of nitrogens with zero attached hydrogens (tertiary/aromatic N) is 9. The summed E-state index contributed by atoms with van der Waals surface area (Å²) in [5.41, 5.74) is 1.38. The number of nitrogens with one attached hydrogen (secondary N) is 3. The van der Waals surface area contributed by atoms with E-state index in [0.29, 0.717) is 50.0 Å². The lowest BCUT2D eigenvalue weighted by Crippen LogP contribution is -2.54. The summed E-state index contributed by atoms with van der Waals surface area (Å²) in [6.07, 6.45) is -0.225. The number of pyridine rings is 1. The third-order valence-electron chi connectivity index (χ3n) is 19.1. The van der Waals surface area contributed by atoms with Gasteiger partial charge in [-0.3, -0.25) is 23.6 Å². The number of likely N-dealkylation sites (tertiary alicyclic amines) is 2. The minimum atomic E-state index is -4.97. The number of rotatable bonds is 21. The number of ether oxygens (including phenoxy) is 5. The Balaban J connectivity index is 0.985. The van der Waals surface area contributed by atoms with Crippen LogP contribution in [-0.4, -0.2) is 160 Å². The highest BCUT2D eigenvalue weighted by Gasteiger charge is 2.44. The molecule has 4 aromatic carbocycles. The van der Waals surface area contributed by atoms with E-state index in [-0.39, 0.29) is 107 Å². The molecule has 524 valence electrons. The number of anilines is 3. The van der Waals surface area contributed by atoms with E-state index in [0.717, 1.165) is 35.8 Å². The number of aromatic nitrogens is 5. The molecule has 4 aliphatic heterocycles. The van der Waals surface area contributed by atoms with E-state index in [2.05, 4.69) is 20.6 Å². The van der Waals surface area contributed by atoms with Gasteiger partial charge in [0.25, 0.3) is 0 Å². The van der Waals surface area contributed by atoms with Crippen molar-refractivity contribution >= 4 is 77.2 Å². The van der Waals surface area contributed by atoms with Crippen LogP contribution in [0.2, 0.25) is 0 Å². The third-order valence-corrected chi connectivity index (χ3v) is 19.5. The van der Waals surface area contributed by atoms with Crippen molar-refractivity contribution in [2.24, 2.45) is 0 Å². The SMILES string of the molecule is COC(=O)N[C@H](C(=O)N1CCC[C@H]1c1nc2cc(F)c([C@H]3CC[C@H](c4cc5nc([C@@H]6CCCN6C(=O)[C@@H](NC(=O)OC)[C@@H](C)OC)n(COC(=O)N(C)c6ncccc6COP(=O)(O)O)c5cc4F)N3c3cc(F)c(N4CCC(c5ccc(F)cc5)CC4)c(F)c3)cc2[nH]1)[C@@H](C)OC. The van der Waals surface area contributed by atoms with Crippen LogP contribution in [0, 0.1) is 29.1 Å². The van der Waals surface area contributed by atoms with Gasteiger partial charge in [-0.15, -0.1) is 0 Å². The van der Waals surface area contributed by atoms with Crippen molar-refractivity contribution in [3.8, 4) is 0 Å². The minimum Gasteiger partial charge on any atom is -0.453 e. The zero-order valence-corrected chi connectivity index (χ0v) is 55.7. The monoisotopic (exact) mass is 1390 g/mol. The number of phosphoric acid groups is 1. The zero-order chi connectivity index (χ0) is 70.0. The first-order valence-electron chi connectivity index (χ1n) is 32.0. The van der Waals surface area contributed by atoms with Crippen LogP contribution in [-0.2, 0) is 55.7 Å². The van der Waals surface area contributed by atoms with Gasteiger partial charge in [0, 0.05) is 88.2 Å². The number of hydrogen-bond acceptors (Lipinski definition) is 17. The van der Waals surface area contributed by atoms with E-state index in [9.17, 15) is 42.7 Å². The number of phosphoric ester groups is 1. The number of amides is 5. The minimum absolute atomic E-state index is 0.00487. The van der Waals surface area contributed by atoms with Crippen molar-refractivity contribution in [2.45, 2.75) is 133 Å². The van der Waals surface area contributed by atoms with Crippen LogP contribution in [0.25, 0.3) is 22.1 Å². The van der Waals surface area contributed by atoms with Gasteiger partial charge >= 0.3 is 26.1 Å². The fourth-order valence-electron chi connectivity index (χ4n) is 13.9. The molecular weight excluding hydrogens is 1310 g/mol. The molecule has 11 rings (SSSR count). The quantitative estimate of drug-likeness (QED) is 0.0254. The van der Waals surface area contributed by atoms with Crippen molar-refractivity contribution in [3.63, 3.8) is 0 Å². The second-order valence-electron chi connectivity index (χ2n) is 24.7. The van der Waals surface area contributed by atoms with Crippen molar-refractivity contribution in [1.82, 2.24) is 44.9 Å². The number of methoxy groups -OCH3 is 4. The summed E-state index contributed by atoms with van der Waals surface area (Å²) >= 11 is 0. The largest absolute Gasteiger partial charge is 0.469 e. The normalized spacial score (nSPS) is 19.6. The number of H-pyrrole nitrogens is 1. The number of aromatic amines is 1. The molecule has 0 spiro atoms. The van der Waals surface area contributed by atoms with Gasteiger partial charge in [0.2, 0.25) is 11.8 Å². The standard InChI is InChI=1S/C66H76F5N12O14P/c1-35(92-4)56(76-64(86)94-6)62(84)80-23-9-12-53(80)59-73-48-29-42(44(68)31-49(48)74-59)51-18-19-52(83(51)41-27-46(70)58(47(71)28-41)79-25-20-38(21-26-79)37-14-16-40(67)17-15-37)43-30-50-55(32-45(43)69)82(34-96-66(88)78(3)60-39(11-8-22-72-60)33-97-98(89,90)91)61(75-50)54-13-10-24-81(54)63(85)57(36(2)93-5)77-65(87)95-7/h8,11,14-17,22,27-32,35-36,38,51-54,56-57H,9-10,12-13,18-21,23-26,33-34H2,1-7H3,(H,73,74)(H,76,86)(H,77,87)(H2,89,90,91)/t35-,36-,51-,52-,53+,54+,56+,57+/m1/s1. The maximum Gasteiger partial charge on any atom is 0.469 e. The number of piperidine rings is 1. The van der Waals surface area contributed by atoms with E-state index >= 15 is 17.6 Å². The van der Waals surface area contributed by atoms with Crippen molar-refractivity contribution in [1.29, 1.82) is 0 Å². The Morgan fingerprint density at radius 1 is 0.694 bits per heavy atom. The number of halogens is 5. The molecule has 4 aliphatic rings. The molecule has 4 fully saturated rings. The van der Waals surface area contributed by atoms with Gasteiger partial charge in [-0.05, 0) is 119 Å². The van der Waals surface area contributed by atoms with E-state index in [1.807, 2.05) is 0 Å². The number of benzene rings is 4. The summed E-state index contributed by atoms with van der Waals surface area (Å²) in [5, 5.41) is 5.11. The lowest BCUT2D eigenvalue weighted by molar-refractivity contribution is -0.138. The highest BCUT2D eigenvalue weighted by atomic mass is 31.2. The second kappa shape index (κ2) is 29.6. The summed E-state index contributed by atoms with van der Waals surface area (Å²) in [6.45, 7) is 2.83. The summed E-state index contributed by atoms with van der Waals surface area (Å²) in [4.78, 5) is 111. The van der Waals surface area contributed by atoms with E-state index in [1.165, 1.54) is 86.5 Å². The first-order valence-corrected chi connectivity index (χ1v) is 33.5. The van der Waals surface area contributed by atoms with Crippen molar-refractivity contribution < 1.29 is 88.5 Å². The highest BCUT2D eigenvalue weighted by molar-refractivity contribution is 7.46. The van der Waals surface area contributed by atoms with Crippen LogP contribution >= 0.6 is 7.82 Å². The lowest BCUT2D eigenvalue weighted by atomic mass is 9.89. The van der Waals surface area contributed by atoms with E-state index in [1.54, 1.807) is 40.7 Å². The van der Waals surface area contributed by atoms with Gasteiger partial charge in [0.15, 0.2) is 18.4 Å². The van der Waals surface area contributed by atoms with Crippen LogP contribution in [0.5, 0.6) is 0 Å². The predicted octanol–water partition coefficient (Wildman–Crippen LogP) is 10.2. The van der Waals surface area contributed by atoms with Crippen LogP contribution in [0.4, 0.5) is 53.5 Å². The molecule has 3 aromatic heterocycles. The number of carbonyl (C=O) groups excluding carboxylic acids is 5. The molecule has 0 unspecified atom stereocenters. The molecule has 0 bridgehead atoms. The molecule has 7 aromatic rings. The van der Waals surface area contributed by atoms with Gasteiger partial charge < -0.3 is 68.7 Å². The van der Waals surface area contributed by atoms with Crippen LogP contribution < -0.4 is 25.3 Å². The fraction of sp³-hybridized carbons (Fsp3) is 0.455. The Bertz CT molecular complexity index is 4150. The molecule has 4 saturated heterocycles. The first-order chi connectivity index (χ1) is 46.9. The van der Waals surface area contributed by atoms with Gasteiger partial charge in [-0.25, -0.2) is 55.9 Å². The highest BCUT2D eigenvalue weighted by Crippen LogP contribution is 2.51. The molecule has 0 radical (unpaired) electrons. The second-order valence-corrected chi connectivity index (χ2v) is 25.9. The molecular formula is C66H76F5N12O14P. The summed E-state index contributed by atoms with van der Waals surface area (Å²) in [7, 11) is 1.38. The van der Waals surface area contributed by atoms with Crippen LogP contribution in [0.3, 0.4) is 0 Å². The number of imidazole rings is 2. The fourth-order valence-corrected chi connectivity index (χ4v) is 14.2. The number of carbonyl (C=O) groups is 5. The molecule has 0 saturated carbocycles. The molecule has 98 heavy (non-hydrogen) atoms. The Morgan fingerprint density at radius 2 is 1.28 bits per heavy atom. The van der Waals surface area contributed by atoms with Crippen LogP contribution in [0.1, 0.15) is 129 Å². The Hall–Kier alpha value is -9.00. The molecule has 8 atom stereocenters. The van der Waals surface area contributed by atoms with Gasteiger partial charge in [0.1, 0.15) is 52.7 Å². The first kappa shape index (κ1) is 70.3. The average Bonchev–Trinajstić information content (AvgIpc) is 1.56. The molecule has 0 aliphatic carbocycles.